The van der Waals surface area contributed by atoms with Crippen molar-refractivity contribution in [3.63, 3.8) is 0 Å². The van der Waals surface area contributed by atoms with Gasteiger partial charge in [-0.05, 0) is 0 Å². The molecule has 0 radical (unpaired) electrons. The van der Waals surface area contributed by atoms with E-state index in [-0.39, 0.29) is 5.76 Å². The maximum Gasteiger partial charge on any atom is 0.107 e. The molecule has 0 amide bonds. The zero-order valence-corrected chi connectivity index (χ0v) is 4.65. The molecular formula is C5H7ClO. The monoisotopic (exact) mass is 118 g/mol. The minimum Gasteiger partial charge on any atom is -0.511 e. The fourth-order valence-corrected chi connectivity index (χ4v) is 0.282. The van der Waals surface area contributed by atoms with Gasteiger partial charge in [0.1, 0.15) is 5.76 Å². The van der Waals surface area contributed by atoms with Crippen LogP contribution < -0.4 is 0 Å². The standard InChI is InChI=1S/C5H7ClO/c1-2-3-5(7)4-6/h2,4,7H,1,3H2. The molecule has 40 valence electrons. The van der Waals surface area contributed by atoms with E-state index in [2.05, 4.69) is 6.58 Å². The summed E-state index contributed by atoms with van der Waals surface area (Å²) in [5.74, 6) is 0.150. The molecule has 0 saturated heterocycles. The molecule has 0 spiro atoms. The van der Waals surface area contributed by atoms with Gasteiger partial charge in [0.25, 0.3) is 0 Å². The predicted octanol–water partition coefficient (Wildman–Crippen LogP) is 2.20. The van der Waals surface area contributed by atoms with Gasteiger partial charge in [-0.15, -0.1) is 6.58 Å². The zero-order valence-electron chi connectivity index (χ0n) is 3.89. The maximum atomic E-state index is 8.52. The summed E-state index contributed by atoms with van der Waals surface area (Å²) >= 11 is 5.07. The lowest BCUT2D eigenvalue weighted by atomic mass is 10.4. The molecule has 1 nitrogen and oxygen atoms in total. The Kier molecular flexibility index (Phi) is 3.52. The van der Waals surface area contributed by atoms with Crippen LogP contribution in [0.15, 0.2) is 23.9 Å². The first-order chi connectivity index (χ1) is 3.31. The number of allylic oxidation sites excluding steroid dienone is 1. The van der Waals surface area contributed by atoms with Gasteiger partial charge < -0.3 is 5.11 Å². The molecule has 7 heavy (non-hydrogen) atoms. The van der Waals surface area contributed by atoms with E-state index in [0.29, 0.717) is 6.42 Å². The molecule has 0 aliphatic carbocycles. The summed E-state index contributed by atoms with van der Waals surface area (Å²) in [6, 6.07) is 0. The van der Waals surface area contributed by atoms with E-state index < -0.39 is 0 Å². The van der Waals surface area contributed by atoms with E-state index in [1.54, 1.807) is 6.08 Å². The Morgan fingerprint density at radius 3 is 2.57 bits per heavy atom. The van der Waals surface area contributed by atoms with Gasteiger partial charge in [-0.25, -0.2) is 0 Å². The molecule has 0 bridgehead atoms. The highest BCUT2D eigenvalue weighted by molar-refractivity contribution is 6.25. The van der Waals surface area contributed by atoms with E-state index in [9.17, 15) is 0 Å². The Balaban J connectivity index is 3.36. The quantitative estimate of drug-likeness (QED) is 0.435. The van der Waals surface area contributed by atoms with Gasteiger partial charge in [0.05, 0.1) is 0 Å². The van der Waals surface area contributed by atoms with Crippen molar-refractivity contribution in [1.82, 2.24) is 0 Å². The van der Waals surface area contributed by atoms with Crippen LogP contribution in [-0.2, 0) is 0 Å². The molecular weight excluding hydrogens is 112 g/mol. The topological polar surface area (TPSA) is 20.2 Å². The third-order valence-electron chi connectivity index (χ3n) is 0.479. The molecule has 1 N–H and O–H groups in total. The molecule has 0 aromatic heterocycles. The van der Waals surface area contributed by atoms with Crippen molar-refractivity contribution < 1.29 is 5.11 Å². The van der Waals surface area contributed by atoms with Gasteiger partial charge in [0.2, 0.25) is 0 Å². The average molecular weight is 119 g/mol. The number of aliphatic hydroxyl groups is 1. The van der Waals surface area contributed by atoms with Crippen LogP contribution in [0.4, 0.5) is 0 Å². The molecule has 0 heterocycles. The Morgan fingerprint density at radius 2 is 2.43 bits per heavy atom. The SMILES string of the molecule is C=CCC(O)=CCl. The van der Waals surface area contributed by atoms with Crippen molar-refractivity contribution in [2.45, 2.75) is 6.42 Å². The van der Waals surface area contributed by atoms with E-state index in [0.717, 1.165) is 5.54 Å². The van der Waals surface area contributed by atoms with E-state index >= 15 is 0 Å². The number of hydrogen-bond donors (Lipinski definition) is 1. The van der Waals surface area contributed by atoms with Crippen LogP contribution in [0, 0.1) is 0 Å². The van der Waals surface area contributed by atoms with E-state index in [1.807, 2.05) is 0 Å². The van der Waals surface area contributed by atoms with Crippen molar-refractivity contribution in [2.24, 2.45) is 0 Å². The number of halogens is 1. The Morgan fingerprint density at radius 1 is 1.86 bits per heavy atom. The lowest BCUT2D eigenvalue weighted by Gasteiger charge is -1.85. The number of rotatable bonds is 2. The summed E-state index contributed by atoms with van der Waals surface area (Å²) in [6.07, 6.45) is 2.03. The van der Waals surface area contributed by atoms with Gasteiger partial charge in [0.15, 0.2) is 0 Å². The fraction of sp³-hybridized carbons (Fsp3) is 0.200. The first kappa shape index (κ1) is 6.57. The molecule has 0 atom stereocenters. The van der Waals surface area contributed by atoms with Crippen molar-refractivity contribution >= 4 is 11.6 Å². The van der Waals surface area contributed by atoms with E-state index in [1.165, 1.54) is 0 Å². The summed E-state index contributed by atoms with van der Waals surface area (Å²) in [4.78, 5) is 0. The Hall–Kier alpha value is -0.430. The minimum atomic E-state index is 0.150. The largest absolute Gasteiger partial charge is 0.511 e. The van der Waals surface area contributed by atoms with Crippen LogP contribution >= 0.6 is 11.6 Å². The third kappa shape index (κ3) is 3.40. The first-order valence-corrected chi connectivity index (χ1v) is 2.34. The van der Waals surface area contributed by atoms with Crippen molar-refractivity contribution in [3.8, 4) is 0 Å². The summed E-state index contributed by atoms with van der Waals surface area (Å²) in [5, 5.41) is 8.52. The van der Waals surface area contributed by atoms with Crippen molar-refractivity contribution in [2.75, 3.05) is 0 Å². The molecule has 0 aromatic carbocycles. The van der Waals surface area contributed by atoms with Gasteiger partial charge in [-0.2, -0.15) is 0 Å². The lowest BCUT2D eigenvalue weighted by molar-refractivity contribution is 0.403. The highest BCUT2D eigenvalue weighted by Gasteiger charge is 1.81. The predicted molar refractivity (Wildman–Crippen MR) is 31.4 cm³/mol. The number of aliphatic hydroxyl groups excluding tert-OH is 1. The van der Waals surface area contributed by atoms with Gasteiger partial charge in [0, 0.05) is 12.0 Å². The third-order valence-corrected chi connectivity index (χ3v) is 0.731. The Labute approximate surface area is 47.9 Å². The van der Waals surface area contributed by atoms with Crippen molar-refractivity contribution in [3.05, 3.63) is 23.9 Å². The molecule has 0 aromatic rings. The van der Waals surface area contributed by atoms with Crippen LogP contribution in [0.5, 0.6) is 0 Å². The van der Waals surface area contributed by atoms with Crippen LogP contribution in [-0.4, -0.2) is 5.11 Å². The lowest BCUT2D eigenvalue weighted by Crippen LogP contribution is -1.71. The summed E-state index contributed by atoms with van der Waals surface area (Å²) in [5.41, 5.74) is 1.13. The highest BCUT2D eigenvalue weighted by Crippen LogP contribution is 1.96. The molecule has 0 unspecified atom stereocenters. The van der Waals surface area contributed by atoms with Gasteiger partial charge >= 0.3 is 0 Å². The van der Waals surface area contributed by atoms with E-state index in [4.69, 9.17) is 16.7 Å². The first-order valence-electron chi connectivity index (χ1n) is 1.90. The van der Waals surface area contributed by atoms with Gasteiger partial charge in [-0.3, -0.25) is 0 Å². The second-order valence-corrected chi connectivity index (χ2v) is 1.31. The number of hydrogen-bond acceptors (Lipinski definition) is 1. The van der Waals surface area contributed by atoms with Crippen LogP contribution in [0.1, 0.15) is 6.42 Å². The summed E-state index contributed by atoms with van der Waals surface area (Å²) in [7, 11) is 0. The normalized spacial score (nSPS) is 11.3. The maximum absolute atomic E-state index is 8.52. The second kappa shape index (κ2) is 3.75. The molecule has 0 rings (SSSR count). The molecule has 0 aliphatic heterocycles. The van der Waals surface area contributed by atoms with Crippen LogP contribution in [0.25, 0.3) is 0 Å². The van der Waals surface area contributed by atoms with Crippen molar-refractivity contribution in [1.29, 1.82) is 0 Å². The molecule has 0 saturated carbocycles. The summed E-state index contributed by atoms with van der Waals surface area (Å²) < 4.78 is 0. The van der Waals surface area contributed by atoms with Crippen LogP contribution in [0.3, 0.4) is 0 Å². The molecule has 0 fully saturated rings. The minimum absolute atomic E-state index is 0.150. The fourth-order valence-electron chi connectivity index (χ4n) is 0.192. The second-order valence-electron chi connectivity index (χ2n) is 1.09. The smallest absolute Gasteiger partial charge is 0.107 e. The van der Waals surface area contributed by atoms with Gasteiger partial charge in [-0.1, -0.05) is 17.7 Å². The zero-order chi connectivity index (χ0) is 5.70. The average Bonchev–Trinajstić information content (AvgIpc) is 1.68. The summed E-state index contributed by atoms with van der Waals surface area (Å²) in [6.45, 7) is 3.39. The Bertz CT molecular complexity index is 86.1. The highest BCUT2D eigenvalue weighted by atomic mass is 35.5. The molecule has 2 heteroatoms. The van der Waals surface area contributed by atoms with Crippen LogP contribution in [0.2, 0.25) is 0 Å². The molecule has 0 aliphatic rings.